The predicted octanol–water partition coefficient (Wildman–Crippen LogP) is -0.271. The first-order valence-corrected chi connectivity index (χ1v) is 10.8. The summed E-state index contributed by atoms with van der Waals surface area (Å²) in [7, 11) is 0. The first kappa shape index (κ1) is 23.9. The van der Waals surface area contributed by atoms with Gasteiger partial charge in [0.25, 0.3) is 0 Å². The molecule has 0 unspecified atom stereocenters. The minimum atomic E-state index is -1.05. The Labute approximate surface area is 178 Å². The van der Waals surface area contributed by atoms with Crippen molar-refractivity contribution in [3.63, 3.8) is 0 Å². The van der Waals surface area contributed by atoms with Crippen LogP contribution in [0.4, 0.5) is 0 Å². The maximum absolute atomic E-state index is 12.5. The summed E-state index contributed by atoms with van der Waals surface area (Å²) in [6, 6.07) is -2.63. The van der Waals surface area contributed by atoms with Crippen molar-refractivity contribution in [3.05, 3.63) is 23.0 Å². The fourth-order valence-corrected chi connectivity index (χ4v) is 4.27. The summed E-state index contributed by atoms with van der Waals surface area (Å²) in [5, 5.41) is 31.2. The van der Waals surface area contributed by atoms with E-state index in [0.717, 1.165) is 0 Å². The third kappa shape index (κ3) is 5.61. The van der Waals surface area contributed by atoms with Gasteiger partial charge in [0.1, 0.15) is 17.8 Å². The van der Waals surface area contributed by atoms with E-state index >= 15 is 0 Å². The molecule has 1 fully saturated rings. The highest BCUT2D eigenvalue weighted by molar-refractivity contribution is 7.98. The van der Waals surface area contributed by atoms with Gasteiger partial charge in [-0.05, 0) is 32.3 Å². The molecule has 2 heterocycles. The lowest BCUT2D eigenvalue weighted by Gasteiger charge is -2.26. The third-order valence-electron chi connectivity index (χ3n) is 5.03. The zero-order valence-electron chi connectivity index (χ0n) is 17.0. The van der Waals surface area contributed by atoms with Crippen LogP contribution in [0.3, 0.4) is 0 Å². The minimum absolute atomic E-state index is 0.0495. The number of aromatic hydroxyl groups is 1. The van der Waals surface area contributed by atoms with Gasteiger partial charge < -0.3 is 31.3 Å². The number of rotatable bonds is 9. The van der Waals surface area contributed by atoms with Crippen molar-refractivity contribution in [3.8, 4) is 5.75 Å². The average Bonchev–Trinajstić information content (AvgIpc) is 3.20. The van der Waals surface area contributed by atoms with Gasteiger partial charge in [0, 0.05) is 29.8 Å². The van der Waals surface area contributed by atoms with Crippen molar-refractivity contribution in [2.45, 2.75) is 57.2 Å². The van der Waals surface area contributed by atoms with E-state index in [4.69, 9.17) is 5.73 Å². The molecule has 1 aliphatic rings. The molecule has 0 aromatic carbocycles. The number of aliphatic hydroxyl groups excluding tert-OH is 1. The molecule has 166 valence electrons. The number of likely N-dealkylation sites (tertiary alicyclic amines) is 1. The summed E-state index contributed by atoms with van der Waals surface area (Å²) in [6.07, 6.45) is 2.57. The second-order valence-corrected chi connectivity index (χ2v) is 8.26. The van der Waals surface area contributed by atoms with Crippen LogP contribution in [-0.2, 0) is 26.7 Å². The Morgan fingerprint density at radius 1 is 1.43 bits per heavy atom. The van der Waals surface area contributed by atoms with Crippen LogP contribution in [0.1, 0.15) is 36.6 Å². The summed E-state index contributed by atoms with van der Waals surface area (Å²) in [6.45, 7) is 3.16. The number of carboxylic acids is 1. The molecule has 6 N–H and O–H groups in total. The van der Waals surface area contributed by atoms with Crippen LogP contribution in [0, 0.1) is 6.92 Å². The SMILES string of the molecule is Cc1ncc(CSC[C@@H](N)C(=O)N[C@H](C)C(=O)N2CCC[C@H]2C(=O)O)c(CO)c1O. The van der Waals surface area contributed by atoms with E-state index in [1.54, 1.807) is 13.1 Å². The van der Waals surface area contributed by atoms with Crippen LogP contribution >= 0.6 is 11.8 Å². The molecule has 1 aromatic heterocycles. The summed E-state index contributed by atoms with van der Waals surface area (Å²) >= 11 is 1.33. The number of nitrogens with one attached hydrogen (secondary N) is 1. The maximum Gasteiger partial charge on any atom is 0.326 e. The molecule has 2 amide bonds. The van der Waals surface area contributed by atoms with Gasteiger partial charge in [0.15, 0.2) is 0 Å². The van der Waals surface area contributed by atoms with Crippen LogP contribution in [0.2, 0.25) is 0 Å². The lowest BCUT2D eigenvalue weighted by Crippen LogP contribution is -2.53. The number of nitrogens with two attached hydrogens (primary N) is 1. The van der Waals surface area contributed by atoms with E-state index in [1.807, 2.05) is 0 Å². The Balaban J connectivity index is 1.85. The van der Waals surface area contributed by atoms with Gasteiger partial charge in [-0.1, -0.05) is 0 Å². The average molecular weight is 441 g/mol. The summed E-state index contributed by atoms with van der Waals surface area (Å²) in [5.41, 5.74) is 7.38. The molecular formula is C19H28N4O6S. The number of thioether (sulfide) groups is 1. The molecule has 3 atom stereocenters. The molecule has 2 rings (SSSR count). The standard InChI is InChI=1S/C19H28N4O6S/c1-10-16(25)13(7-24)12(6-21-10)8-30-9-14(20)17(26)22-11(2)18(27)23-5-3-4-15(23)19(28)29/h6,11,14-15,24-25H,3-5,7-9,20H2,1-2H3,(H,22,26)(H,28,29)/t11-,14-,15+/m1/s1. The monoisotopic (exact) mass is 440 g/mol. The van der Waals surface area contributed by atoms with Crippen LogP contribution in [0.5, 0.6) is 5.75 Å². The van der Waals surface area contributed by atoms with Crippen LogP contribution in [0.15, 0.2) is 6.20 Å². The van der Waals surface area contributed by atoms with Crippen LogP contribution in [-0.4, -0.2) is 73.4 Å². The van der Waals surface area contributed by atoms with Crippen molar-refractivity contribution < 1.29 is 29.7 Å². The first-order chi connectivity index (χ1) is 14.2. The highest BCUT2D eigenvalue weighted by atomic mass is 32.2. The second kappa shape index (κ2) is 10.6. The van der Waals surface area contributed by atoms with Crippen molar-refractivity contribution in [2.24, 2.45) is 5.73 Å². The molecule has 30 heavy (non-hydrogen) atoms. The molecule has 0 radical (unpaired) electrons. The van der Waals surface area contributed by atoms with E-state index in [1.165, 1.54) is 23.6 Å². The van der Waals surface area contributed by atoms with Crippen LogP contribution < -0.4 is 11.1 Å². The van der Waals surface area contributed by atoms with E-state index in [9.17, 15) is 29.7 Å². The molecule has 0 spiro atoms. The van der Waals surface area contributed by atoms with Crippen LogP contribution in [0.25, 0.3) is 0 Å². The topological polar surface area (TPSA) is 166 Å². The molecule has 11 heteroatoms. The lowest BCUT2D eigenvalue weighted by atomic mass is 10.1. The molecule has 0 bridgehead atoms. The highest BCUT2D eigenvalue weighted by Gasteiger charge is 2.36. The number of aliphatic carboxylic acids is 1. The fraction of sp³-hybridized carbons (Fsp3) is 0.579. The summed E-state index contributed by atoms with van der Waals surface area (Å²) in [5.74, 6) is -1.42. The van der Waals surface area contributed by atoms with Gasteiger partial charge in [-0.3, -0.25) is 14.6 Å². The Bertz CT molecular complexity index is 805. The molecule has 1 aliphatic heterocycles. The Morgan fingerprint density at radius 2 is 2.13 bits per heavy atom. The van der Waals surface area contributed by atoms with E-state index in [-0.39, 0.29) is 18.1 Å². The smallest absolute Gasteiger partial charge is 0.326 e. The predicted molar refractivity (Wildman–Crippen MR) is 111 cm³/mol. The molecule has 1 aromatic rings. The zero-order valence-corrected chi connectivity index (χ0v) is 17.8. The Morgan fingerprint density at radius 3 is 2.77 bits per heavy atom. The lowest BCUT2D eigenvalue weighted by molar-refractivity contribution is -0.149. The number of hydrogen-bond donors (Lipinski definition) is 5. The van der Waals surface area contributed by atoms with Crippen molar-refractivity contribution >= 4 is 29.5 Å². The third-order valence-corrected chi connectivity index (χ3v) is 6.14. The molecule has 1 saturated heterocycles. The number of nitrogens with zero attached hydrogens (tertiary/aromatic N) is 2. The summed E-state index contributed by atoms with van der Waals surface area (Å²) in [4.78, 5) is 41.4. The number of pyridine rings is 1. The van der Waals surface area contributed by atoms with Crippen molar-refractivity contribution in [1.82, 2.24) is 15.2 Å². The van der Waals surface area contributed by atoms with Gasteiger partial charge >= 0.3 is 5.97 Å². The van der Waals surface area contributed by atoms with Gasteiger partial charge in [0.2, 0.25) is 11.8 Å². The highest BCUT2D eigenvalue weighted by Crippen LogP contribution is 2.26. The minimum Gasteiger partial charge on any atom is -0.506 e. The fourth-order valence-electron chi connectivity index (χ4n) is 3.27. The molecule has 0 aliphatic carbocycles. The Hall–Kier alpha value is -2.37. The van der Waals surface area contributed by atoms with Crippen molar-refractivity contribution in [1.29, 1.82) is 0 Å². The number of carboxylic acid groups (broad SMARTS) is 1. The van der Waals surface area contributed by atoms with Gasteiger partial charge in [-0.15, -0.1) is 0 Å². The van der Waals surface area contributed by atoms with E-state index < -0.39 is 35.9 Å². The zero-order chi connectivity index (χ0) is 22.4. The summed E-state index contributed by atoms with van der Waals surface area (Å²) < 4.78 is 0. The molecular weight excluding hydrogens is 412 g/mol. The number of aromatic nitrogens is 1. The van der Waals surface area contributed by atoms with E-state index in [0.29, 0.717) is 42.0 Å². The number of aryl methyl sites for hydroxylation is 1. The molecule has 0 saturated carbocycles. The number of aliphatic hydroxyl groups is 1. The normalized spacial score (nSPS) is 18.1. The molecule has 10 nitrogen and oxygen atoms in total. The largest absolute Gasteiger partial charge is 0.506 e. The maximum atomic E-state index is 12.5. The van der Waals surface area contributed by atoms with Crippen molar-refractivity contribution in [2.75, 3.05) is 12.3 Å². The Kier molecular flexibility index (Phi) is 8.44. The van der Waals surface area contributed by atoms with E-state index in [2.05, 4.69) is 10.3 Å². The van der Waals surface area contributed by atoms with Gasteiger partial charge in [0.05, 0.1) is 18.3 Å². The van der Waals surface area contributed by atoms with Gasteiger partial charge in [-0.25, -0.2) is 4.79 Å². The quantitative estimate of drug-likeness (QED) is 0.347. The van der Waals surface area contributed by atoms with Gasteiger partial charge in [-0.2, -0.15) is 11.8 Å². The number of amides is 2. The first-order valence-electron chi connectivity index (χ1n) is 9.61. The number of carbonyl (C=O) groups is 3. The number of carbonyl (C=O) groups excluding carboxylic acids is 2. The second-order valence-electron chi connectivity index (χ2n) is 7.23. The number of hydrogen-bond acceptors (Lipinski definition) is 8.